The molecule has 13 rings (SSSR count). The lowest BCUT2D eigenvalue weighted by atomic mass is 9.93. The van der Waals surface area contributed by atoms with Gasteiger partial charge in [0.2, 0.25) is 0 Å². The van der Waals surface area contributed by atoms with Gasteiger partial charge in [0.05, 0.1) is 33.6 Å². The lowest BCUT2D eigenvalue weighted by Gasteiger charge is -2.15. The van der Waals surface area contributed by atoms with E-state index in [0.29, 0.717) is 5.82 Å². The molecule has 0 aliphatic rings. The van der Waals surface area contributed by atoms with Crippen LogP contribution in [0.5, 0.6) is 0 Å². The molecule has 0 amide bonds. The van der Waals surface area contributed by atoms with Crippen molar-refractivity contribution in [1.29, 1.82) is 0 Å². The summed E-state index contributed by atoms with van der Waals surface area (Å²) in [5.74, 6) is 0.663. The molecule has 3 aromatic heterocycles. The van der Waals surface area contributed by atoms with Crippen molar-refractivity contribution in [1.82, 2.24) is 19.5 Å². The van der Waals surface area contributed by atoms with E-state index in [4.69, 9.17) is 15.0 Å². The average Bonchev–Trinajstić information content (AvgIpc) is 3.78. The van der Waals surface area contributed by atoms with E-state index >= 15 is 0 Å². The Hall–Kier alpha value is -9.25. The van der Waals surface area contributed by atoms with Crippen LogP contribution in [-0.2, 0) is 0 Å². The second-order valence-corrected chi connectivity index (χ2v) is 17.5. The Morgan fingerprint density at radius 2 is 0.783 bits per heavy atom. The maximum atomic E-state index is 5.68. The third-order valence-corrected chi connectivity index (χ3v) is 13.4. The van der Waals surface area contributed by atoms with Crippen molar-refractivity contribution in [3.05, 3.63) is 255 Å². The molecule has 3 heterocycles. The molecule has 0 bridgehead atoms. The van der Waals surface area contributed by atoms with E-state index in [0.717, 1.165) is 100 Å². The molecule has 13 aromatic rings. The lowest BCUT2D eigenvalue weighted by Crippen LogP contribution is -1.97. The molecule has 0 aliphatic carbocycles. The first-order valence-electron chi connectivity index (χ1n) is 23.4. The molecule has 322 valence electrons. The van der Waals surface area contributed by atoms with Crippen molar-refractivity contribution in [2.75, 3.05) is 0 Å². The highest BCUT2D eigenvalue weighted by Crippen LogP contribution is 2.44. The van der Waals surface area contributed by atoms with Gasteiger partial charge in [0.1, 0.15) is 0 Å². The topological polar surface area (TPSA) is 43.6 Å². The molecule has 0 radical (unpaired) electrons. The Morgan fingerprint density at radius 1 is 0.275 bits per heavy atom. The van der Waals surface area contributed by atoms with Gasteiger partial charge in [-0.25, -0.2) is 15.0 Å². The van der Waals surface area contributed by atoms with Gasteiger partial charge >= 0.3 is 0 Å². The van der Waals surface area contributed by atoms with Crippen molar-refractivity contribution in [2.45, 2.75) is 0 Å². The summed E-state index contributed by atoms with van der Waals surface area (Å²) in [7, 11) is 0. The van der Waals surface area contributed by atoms with Crippen LogP contribution in [0.15, 0.2) is 255 Å². The average molecular weight is 879 g/mol. The minimum absolute atomic E-state index is 0.663. The Kier molecular flexibility index (Phi) is 9.80. The molecular formula is C65H42N4. The van der Waals surface area contributed by atoms with Crippen molar-refractivity contribution in [3.8, 4) is 84.2 Å². The second-order valence-electron chi connectivity index (χ2n) is 17.5. The summed E-state index contributed by atoms with van der Waals surface area (Å²) in [4.78, 5) is 16.3. The number of pyridine rings is 1. The standard InChI is InChI=1S/C65H42N4/c1-5-18-43(19-6-1)48-24-15-26-50(40-48)57-42-58(51-27-16-25-49(41-51)44-20-7-2-8-21-44)67-65(66-57)47-36-34-45(35-37-47)53-31-17-32-55-54-38-39-60-61(62(54)63(68-64(53)55)46-22-9-3-10-23-46)56-30-13-14-33-59(56)69(60)52-28-11-4-12-29-52/h1-42H. The SMILES string of the molecule is c1ccc(-c2cccc(-c3cc(-c4cccc(-c5ccccc5)c4)nc(-c4ccc(-c5cccc6c5nc(-c5ccccc5)c5c6ccc6c5c5ccccc5n6-c5ccccc5)cc4)n3)c2)cc1. The molecule has 10 aromatic carbocycles. The molecule has 0 atom stereocenters. The van der Waals surface area contributed by atoms with Crippen LogP contribution in [0.3, 0.4) is 0 Å². The van der Waals surface area contributed by atoms with Crippen LogP contribution in [0, 0.1) is 0 Å². The van der Waals surface area contributed by atoms with E-state index in [2.05, 4.69) is 259 Å². The van der Waals surface area contributed by atoms with E-state index in [1.165, 1.54) is 21.7 Å². The largest absolute Gasteiger partial charge is 0.309 e. The van der Waals surface area contributed by atoms with E-state index in [1.54, 1.807) is 0 Å². The summed E-state index contributed by atoms with van der Waals surface area (Å²) >= 11 is 0. The van der Waals surface area contributed by atoms with Crippen LogP contribution in [0.25, 0.3) is 128 Å². The van der Waals surface area contributed by atoms with Gasteiger partial charge in [0.25, 0.3) is 0 Å². The van der Waals surface area contributed by atoms with E-state index in [9.17, 15) is 0 Å². The maximum absolute atomic E-state index is 5.68. The van der Waals surface area contributed by atoms with Crippen LogP contribution in [0.4, 0.5) is 0 Å². The van der Waals surface area contributed by atoms with Crippen LogP contribution in [0.1, 0.15) is 0 Å². The molecule has 0 aliphatic heterocycles. The number of hydrogen-bond donors (Lipinski definition) is 0. The number of fused-ring (bicyclic) bond motifs is 7. The third-order valence-electron chi connectivity index (χ3n) is 13.4. The normalized spacial score (nSPS) is 11.5. The number of hydrogen-bond acceptors (Lipinski definition) is 3. The Labute approximate surface area is 400 Å². The first-order chi connectivity index (χ1) is 34.2. The van der Waals surface area contributed by atoms with Crippen LogP contribution < -0.4 is 0 Å². The zero-order valence-electron chi connectivity index (χ0n) is 37.5. The molecule has 0 saturated carbocycles. The summed E-state index contributed by atoms with van der Waals surface area (Å²) < 4.78 is 2.38. The molecule has 0 saturated heterocycles. The number of aromatic nitrogens is 4. The molecule has 4 nitrogen and oxygen atoms in total. The molecule has 0 fully saturated rings. The predicted molar refractivity (Wildman–Crippen MR) is 287 cm³/mol. The highest BCUT2D eigenvalue weighted by Gasteiger charge is 2.21. The van der Waals surface area contributed by atoms with Gasteiger partial charge in [-0.3, -0.25) is 0 Å². The van der Waals surface area contributed by atoms with E-state index in [-0.39, 0.29) is 0 Å². The quantitative estimate of drug-likeness (QED) is 0.143. The minimum Gasteiger partial charge on any atom is -0.309 e. The first kappa shape index (κ1) is 40.1. The third kappa shape index (κ3) is 7.14. The first-order valence-corrected chi connectivity index (χ1v) is 23.4. The second kappa shape index (κ2) is 16.9. The Bertz CT molecular complexity index is 3930. The summed E-state index contributed by atoms with van der Waals surface area (Å²) in [5, 5.41) is 5.84. The predicted octanol–water partition coefficient (Wildman–Crippen LogP) is 16.9. The Morgan fingerprint density at radius 3 is 1.42 bits per heavy atom. The molecule has 0 spiro atoms. The van der Waals surface area contributed by atoms with Crippen LogP contribution >= 0.6 is 0 Å². The van der Waals surface area contributed by atoms with Gasteiger partial charge in [-0.2, -0.15) is 0 Å². The maximum Gasteiger partial charge on any atom is 0.160 e. The number of para-hydroxylation sites is 3. The smallest absolute Gasteiger partial charge is 0.160 e. The minimum atomic E-state index is 0.663. The summed E-state index contributed by atoms with van der Waals surface area (Å²) in [6.07, 6.45) is 0. The fraction of sp³-hybridized carbons (Fsp3) is 0. The van der Waals surface area contributed by atoms with Gasteiger partial charge < -0.3 is 4.57 Å². The molecular weight excluding hydrogens is 837 g/mol. The fourth-order valence-electron chi connectivity index (χ4n) is 10.1. The van der Waals surface area contributed by atoms with Gasteiger partial charge in [-0.15, -0.1) is 0 Å². The lowest BCUT2D eigenvalue weighted by molar-refractivity contribution is 1.18. The number of nitrogens with zero attached hydrogens (tertiary/aromatic N) is 4. The summed E-state index contributed by atoms with van der Waals surface area (Å²) in [5.41, 5.74) is 17.9. The van der Waals surface area contributed by atoms with Crippen molar-refractivity contribution in [2.24, 2.45) is 0 Å². The van der Waals surface area contributed by atoms with E-state index in [1.807, 2.05) is 0 Å². The van der Waals surface area contributed by atoms with Crippen molar-refractivity contribution < 1.29 is 0 Å². The highest BCUT2D eigenvalue weighted by atomic mass is 15.0. The molecule has 0 N–H and O–H groups in total. The highest BCUT2D eigenvalue weighted by molar-refractivity contribution is 6.29. The van der Waals surface area contributed by atoms with Crippen molar-refractivity contribution >= 4 is 43.5 Å². The van der Waals surface area contributed by atoms with Gasteiger partial charge in [-0.05, 0) is 75.7 Å². The number of benzene rings is 10. The van der Waals surface area contributed by atoms with Crippen LogP contribution in [0.2, 0.25) is 0 Å². The fourth-order valence-corrected chi connectivity index (χ4v) is 10.1. The zero-order chi connectivity index (χ0) is 45.7. The van der Waals surface area contributed by atoms with Gasteiger partial charge in [-0.1, -0.05) is 212 Å². The van der Waals surface area contributed by atoms with E-state index < -0.39 is 0 Å². The van der Waals surface area contributed by atoms with Crippen LogP contribution in [-0.4, -0.2) is 19.5 Å². The molecule has 4 heteroatoms. The Balaban J connectivity index is 0.966. The van der Waals surface area contributed by atoms with Crippen molar-refractivity contribution in [3.63, 3.8) is 0 Å². The van der Waals surface area contributed by atoms with Gasteiger partial charge in [0.15, 0.2) is 5.82 Å². The zero-order valence-corrected chi connectivity index (χ0v) is 37.5. The summed E-state index contributed by atoms with van der Waals surface area (Å²) in [6.45, 7) is 0. The summed E-state index contributed by atoms with van der Waals surface area (Å²) in [6, 6.07) is 90.3. The molecule has 0 unspecified atom stereocenters. The number of rotatable bonds is 8. The monoisotopic (exact) mass is 878 g/mol. The van der Waals surface area contributed by atoms with Gasteiger partial charge in [0, 0.05) is 55.0 Å². The molecule has 69 heavy (non-hydrogen) atoms.